The number of methoxy groups -OCH3 is 1. The number of carbonyl (C=O) groups is 1. The maximum Gasteiger partial charge on any atom is 0.319 e. The lowest BCUT2D eigenvalue weighted by molar-refractivity contribution is 0.146. The van der Waals surface area contributed by atoms with Crippen LogP contribution in [0, 0.1) is 0 Å². The monoisotopic (exact) mass is 367 g/mol. The number of urea groups is 1. The van der Waals surface area contributed by atoms with Crippen LogP contribution in [0.5, 0.6) is 5.75 Å². The summed E-state index contributed by atoms with van der Waals surface area (Å²) in [5.41, 5.74) is 1.60. The molecule has 2 heterocycles. The summed E-state index contributed by atoms with van der Waals surface area (Å²) in [5.74, 6) is 1.42. The van der Waals surface area contributed by atoms with E-state index in [0.717, 1.165) is 11.3 Å². The first-order valence-corrected chi connectivity index (χ1v) is 8.46. The fourth-order valence-electron chi connectivity index (χ4n) is 2.34. The third-order valence-corrected chi connectivity index (χ3v) is 3.67. The standard InChI is InChI=1S/C19H21N5O3/c1-26-11-12-27-17-5-3-16(4-6-17)23-19(25)21-14-15-7-9-20-18(13-15)24-10-2-8-22-24/h2-10,13H,11-12,14H2,1H3,(H2,21,23,25). The smallest absolute Gasteiger partial charge is 0.319 e. The Morgan fingerprint density at radius 2 is 2.00 bits per heavy atom. The average Bonchev–Trinajstić information content (AvgIpc) is 3.23. The summed E-state index contributed by atoms with van der Waals surface area (Å²) in [4.78, 5) is 16.4. The van der Waals surface area contributed by atoms with Crippen molar-refractivity contribution < 1.29 is 14.3 Å². The number of nitrogens with zero attached hydrogens (tertiary/aromatic N) is 3. The maximum absolute atomic E-state index is 12.1. The lowest BCUT2D eigenvalue weighted by Crippen LogP contribution is -2.28. The Kier molecular flexibility index (Phi) is 6.37. The third-order valence-electron chi connectivity index (χ3n) is 3.67. The summed E-state index contributed by atoms with van der Waals surface area (Å²) in [5, 5.41) is 9.75. The van der Waals surface area contributed by atoms with Crippen LogP contribution in [0.4, 0.5) is 10.5 Å². The number of rotatable bonds is 8. The SMILES string of the molecule is COCCOc1ccc(NC(=O)NCc2ccnc(-n3cccn3)c2)cc1. The quantitative estimate of drug-likeness (QED) is 0.597. The molecule has 27 heavy (non-hydrogen) atoms. The van der Waals surface area contributed by atoms with Gasteiger partial charge < -0.3 is 20.1 Å². The molecular weight excluding hydrogens is 346 g/mol. The second kappa shape index (κ2) is 9.35. The summed E-state index contributed by atoms with van der Waals surface area (Å²) < 4.78 is 12.1. The van der Waals surface area contributed by atoms with Crippen LogP contribution in [0.3, 0.4) is 0 Å². The molecule has 0 fully saturated rings. The molecule has 2 amide bonds. The fourth-order valence-corrected chi connectivity index (χ4v) is 2.34. The van der Waals surface area contributed by atoms with Crippen LogP contribution in [-0.4, -0.2) is 41.1 Å². The molecule has 2 N–H and O–H groups in total. The van der Waals surface area contributed by atoms with Gasteiger partial charge in [-0.1, -0.05) is 0 Å². The first-order chi connectivity index (χ1) is 13.2. The maximum atomic E-state index is 12.1. The number of hydrogen-bond acceptors (Lipinski definition) is 5. The molecule has 0 aliphatic carbocycles. The van der Waals surface area contributed by atoms with Gasteiger partial charge >= 0.3 is 6.03 Å². The molecular formula is C19H21N5O3. The van der Waals surface area contributed by atoms with Crippen molar-refractivity contribution in [3.05, 3.63) is 66.6 Å². The summed E-state index contributed by atoms with van der Waals surface area (Å²) in [6.45, 7) is 1.39. The molecule has 2 aromatic heterocycles. The van der Waals surface area contributed by atoms with E-state index in [9.17, 15) is 4.79 Å². The van der Waals surface area contributed by atoms with E-state index in [0.29, 0.717) is 31.3 Å². The normalized spacial score (nSPS) is 10.4. The van der Waals surface area contributed by atoms with Gasteiger partial charge in [-0.2, -0.15) is 5.10 Å². The minimum Gasteiger partial charge on any atom is -0.491 e. The fraction of sp³-hybridized carbons (Fsp3) is 0.211. The van der Waals surface area contributed by atoms with Crippen LogP contribution in [-0.2, 0) is 11.3 Å². The molecule has 0 aliphatic heterocycles. The zero-order valence-corrected chi connectivity index (χ0v) is 15.0. The van der Waals surface area contributed by atoms with E-state index >= 15 is 0 Å². The van der Waals surface area contributed by atoms with Gasteiger partial charge in [-0.3, -0.25) is 0 Å². The van der Waals surface area contributed by atoms with E-state index in [1.807, 2.05) is 24.4 Å². The Balaban J connectivity index is 1.49. The summed E-state index contributed by atoms with van der Waals surface area (Å²) >= 11 is 0. The first-order valence-electron chi connectivity index (χ1n) is 8.46. The molecule has 8 heteroatoms. The Hall–Kier alpha value is -3.39. The predicted molar refractivity (Wildman–Crippen MR) is 101 cm³/mol. The van der Waals surface area contributed by atoms with Gasteiger partial charge in [0.05, 0.1) is 6.61 Å². The number of pyridine rings is 1. The molecule has 0 bridgehead atoms. The highest BCUT2D eigenvalue weighted by Crippen LogP contribution is 2.15. The largest absolute Gasteiger partial charge is 0.491 e. The minimum atomic E-state index is -0.291. The predicted octanol–water partition coefficient (Wildman–Crippen LogP) is 2.61. The highest BCUT2D eigenvalue weighted by molar-refractivity contribution is 5.89. The van der Waals surface area contributed by atoms with Gasteiger partial charge in [0.15, 0.2) is 5.82 Å². The van der Waals surface area contributed by atoms with Crippen molar-refractivity contribution in [2.24, 2.45) is 0 Å². The van der Waals surface area contributed by atoms with Crippen molar-refractivity contribution in [3.8, 4) is 11.6 Å². The molecule has 0 radical (unpaired) electrons. The summed E-state index contributed by atoms with van der Waals surface area (Å²) in [6.07, 6.45) is 5.19. The van der Waals surface area contributed by atoms with Crippen LogP contribution in [0.2, 0.25) is 0 Å². The van der Waals surface area contributed by atoms with Crippen molar-refractivity contribution >= 4 is 11.7 Å². The molecule has 1 aromatic carbocycles. The van der Waals surface area contributed by atoms with E-state index in [1.54, 1.807) is 48.5 Å². The Morgan fingerprint density at radius 3 is 2.74 bits per heavy atom. The molecule has 0 saturated heterocycles. The van der Waals surface area contributed by atoms with E-state index in [2.05, 4.69) is 20.7 Å². The highest BCUT2D eigenvalue weighted by atomic mass is 16.5. The molecule has 140 valence electrons. The van der Waals surface area contributed by atoms with Gasteiger partial charge in [0, 0.05) is 37.9 Å². The van der Waals surface area contributed by atoms with Crippen LogP contribution in [0.15, 0.2) is 61.1 Å². The zero-order valence-electron chi connectivity index (χ0n) is 15.0. The van der Waals surface area contributed by atoms with Crippen LogP contribution in [0.1, 0.15) is 5.56 Å². The Labute approximate surface area is 157 Å². The molecule has 0 aliphatic rings. The van der Waals surface area contributed by atoms with Crippen molar-refractivity contribution in [3.63, 3.8) is 0 Å². The van der Waals surface area contributed by atoms with Gasteiger partial charge in [-0.05, 0) is 48.0 Å². The van der Waals surface area contributed by atoms with Gasteiger partial charge in [0.1, 0.15) is 12.4 Å². The number of anilines is 1. The van der Waals surface area contributed by atoms with Gasteiger partial charge in [-0.25, -0.2) is 14.5 Å². The van der Waals surface area contributed by atoms with Crippen LogP contribution in [0.25, 0.3) is 5.82 Å². The molecule has 0 saturated carbocycles. The van der Waals surface area contributed by atoms with Gasteiger partial charge in [0.25, 0.3) is 0 Å². The molecule has 0 atom stereocenters. The molecule has 0 spiro atoms. The lowest BCUT2D eigenvalue weighted by Gasteiger charge is -2.10. The van der Waals surface area contributed by atoms with Crippen molar-refractivity contribution in [2.75, 3.05) is 25.6 Å². The highest BCUT2D eigenvalue weighted by Gasteiger charge is 2.04. The van der Waals surface area contributed by atoms with E-state index in [-0.39, 0.29) is 6.03 Å². The van der Waals surface area contributed by atoms with Gasteiger partial charge in [-0.15, -0.1) is 0 Å². The number of ether oxygens (including phenoxy) is 2. The Bertz CT molecular complexity index is 850. The number of amides is 2. The van der Waals surface area contributed by atoms with Crippen molar-refractivity contribution in [1.29, 1.82) is 0 Å². The van der Waals surface area contributed by atoms with Crippen molar-refractivity contribution in [2.45, 2.75) is 6.54 Å². The van der Waals surface area contributed by atoms with E-state index < -0.39 is 0 Å². The molecule has 3 aromatic rings. The van der Waals surface area contributed by atoms with Crippen LogP contribution < -0.4 is 15.4 Å². The van der Waals surface area contributed by atoms with Crippen LogP contribution >= 0.6 is 0 Å². The second-order valence-electron chi connectivity index (χ2n) is 5.65. The third kappa shape index (κ3) is 5.55. The van der Waals surface area contributed by atoms with E-state index in [4.69, 9.17) is 9.47 Å². The number of nitrogens with one attached hydrogen (secondary N) is 2. The zero-order chi connectivity index (χ0) is 18.9. The number of hydrogen-bond donors (Lipinski definition) is 2. The Morgan fingerprint density at radius 1 is 1.15 bits per heavy atom. The lowest BCUT2D eigenvalue weighted by atomic mass is 10.2. The molecule has 8 nitrogen and oxygen atoms in total. The minimum absolute atomic E-state index is 0.291. The first kappa shape index (κ1) is 18.4. The molecule has 3 rings (SSSR count). The van der Waals surface area contributed by atoms with Crippen molar-refractivity contribution in [1.82, 2.24) is 20.1 Å². The topological polar surface area (TPSA) is 90.3 Å². The summed E-state index contributed by atoms with van der Waals surface area (Å²) in [6, 6.07) is 12.4. The molecule has 0 unspecified atom stereocenters. The van der Waals surface area contributed by atoms with Gasteiger partial charge in [0.2, 0.25) is 0 Å². The number of aromatic nitrogens is 3. The average molecular weight is 367 g/mol. The van der Waals surface area contributed by atoms with E-state index in [1.165, 1.54) is 0 Å². The number of benzene rings is 1. The number of carbonyl (C=O) groups excluding carboxylic acids is 1. The second-order valence-corrected chi connectivity index (χ2v) is 5.65. The summed E-state index contributed by atoms with van der Waals surface area (Å²) in [7, 11) is 1.62.